The molecule has 0 fully saturated rings. The van der Waals surface area contributed by atoms with Gasteiger partial charge in [-0.05, 0) is 35.4 Å². The van der Waals surface area contributed by atoms with Crippen molar-refractivity contribution in [1.82, 2.24) is 0 Å². The Morgan fingerprint density at radius 1 is 1.21 bits per heavy atom. The summed E-state index contributed by atoms with van der Waals surface area (Å²) in [6.45, 7) is 0. The van der Waals surface area contributed by atoms with Crippen LogP contribution < -0.4 is 4.74 Å². The lowest BCUT2D eigenvalue weighted by molar-refractivity contribution is 0.178. The Morgan fingerprint density at radius 3 is 2.47 bits per heavy atom. The molecular weight excluding hydrogens is 328 g/mol. The van der Waals surface area contributed by atoms with Crippen molar-refractivity contribution in [3.05, 3.63) is 63.1 Å². The molecule has 4 heteroatoms. The van der Waals surface area contributed by atoms with E-state index >= 15 is 0 Å². The SMILES string of the molecule is COc1ccc(C(O)Cc2ccc(Br)cc2)cc1Cl. The minimum absolute atomic E-state index is 0.509. The molecule has 1 N–H and O–H groups in total. The standard InChI is InChI=1S/C15H14BrClO2/c1-19-15-7-4-11(9-13(15)17)14(18)8-10-2-5-12(16)6-3-10/h2-7,9,14,18H,8H2,1H3. The number of hydrogen-bond donors (Lipinski definition) is 1. The number of aliphatic hydroxyl groups excluding tert-OH is 1. The van der Waals surface area contributed by atoms with Crippen molar-refractivity contribution in [2.24, 2.45) is 0 Å². The Kier molecular flexibility index (Phi) is 4.86. The molecule has 0 saturated carbocycles. The van der Waals surface area contributed by atoms with Gasteiger partial charge in [0.15, 0.2) is 0 Å². The van der Waals surface area contributed by atoms with Crippen molar-refractivity contribution in [1.29, 1.82) is 0 Å². The van der Waals surface area contributed by atoms with Crippen molar-refractivity contribution >= 4 is 27.5 Å². The molecule has 0 bridgehead atoms. The monoisotopic (exact) mass is 340 g/mol. The largest absolute Gasteiger partial charge is 0.495 e. The van der Waals surface area contributed by atoms with E-state index in [1.54, 1.807) is 19.2 Å². The van der Waals surface area contributed by atoms with E-state index in [9.17, 15) is 5.11 Å². The van der Waals surface area contributed by atoms with E-state index < -0.39 is 6.10 Å². The number of aliphatic hydroxyl groups is 1. The van der Waals surface area contributed by atoms with Gasteiger partial charge in [-0.3, -0.25) is 0 Å². The molecule has 0 aliphatic rings. The molecule has 2 aromatic carbocycles. The second-order valence-electron chi connectivity index (χ2n) is 4.24. The van der Waals surface area contributed by atoms with Gasteiger partial charge in [-0.25, -0.2) is 0 Å². The molecule has 2 nitrogen and oxygen atoms in total. The van der Waals surface area contributed by atoms with Crippen LogP contribution in [0.3, 0.4) is 0 Å². The molecule has 2 rings (SSSR count). The second-order valence-corrected chi connectivity index (χ2v) is 5.56. The number of benzene rings is 2. The summed E-state index contributed by atoms with van der Waals surface area (Å²) in [7, 11) is 1.57. The highest BCUT2D eigenvalue weighted by Gasteiger charge is 2.11. The van der Waals surface area contributed by atoms with Crippen LogP contribution in [0, 0.1) is 0 Å². The average Bonchev–Trinajstić information content (AvgIpc) is 2.41. The van der Waals surface area contributed by atoms with Crippen molar-refractivity contribution in [3.8, 4) is 5.75 Å². The molecule has 1 atom stereocenters. The molecule has 19 heavy (non-hydrogen) atoms. The maximum absolute atomic E-state index is 10.2. The molecule has 1 unspecified atom stereocenters. The van der Waals surface area contributed by atoms with Crippen LogP contribution in [0.4, 0.5) is 0 Å². The summed E-state index contributed by atoms with van der Waals surface area (Å²) < 4.78 is 6.12. The van der Waals surface area contributed by atoms with Crippen molar-refractivity contribution in [2.75, 3.05) is 7.11 Å². The summed E-state index contributed by atoms with van der Waals surface area (Å²) in [4.78, 5) is 0. The highest BCUT2D eigenvalue weighted by molar-refractivity contribution is 9.10. The van der Waals surface area contributed by atoms with Crippen LogP contribution in [0.5, 0.6) is 5.75 Å². The van der Waals surface area contributed by atoms with Gasteiger partial charge in [0.25, 0.3) is 0 Å². The van der Waals surface area contributed by atoms with Gasteiger partial charge in [-0.2, -0.15) is 0 Å². The predicted molar refractivity (Wildman–Crippen MR) is 80.8 cm³/mol. The smallest absolute Gasteiger partial charge is 0.137 e. The van der Waals surface area contributed by atoms with Gasteiger partial charge in [-0.1, -0.05) is 45.7 Å². The first kappa shape index (κ1) is 14.4. The Hall–Kier alpha value is -1.03. The number of halogens is 2. The first-order valence-corrected chi connectivity index (χ1v) is 7.03. The third-order valence-corrected chi connectivity index (χ3v) is 3.73. The van der Waals surface area contributed by atoms with Crippen molar-refractivity contribution in [2.45, 2.75) is 12.5 Å². The van der Waals surface area contributed by atoms with E-state index in [4.69, 9.17) is 16.3 Å². The zero-order chi connectivity index (χ0) is 13.8. The maximum Gasteiger partial charge on any atom is 0.137 e. The van der Waals surface area contributed by atoms with Crippen LogP contribution in [0.15, 0.2) is 46.9 Å². The molecule has 2 aromatic rings. The van der Waals surface area contributed by atoms with Gasteiger partial charge in [0.2, 0.25) is 0 Å². The molecular formula is C15H14BrClO2. The Labute approximate surface area is 126 Å². The van der Waals surface area contributed by atoms with E-state index in [1.165, 1.54) is 0 Å². The summed E-state index contributed by atoms with van der Waals surface area (Å²) in [6, 6.07) is 13.2. The molecule has 0 spiro atoms. The second kappa shape index (κ2) is 6.42. The summed E-state index contributed by atoms with van der Waals surface area (Å²) in [6.07, 6.45) is -0.0276. The van der Waals surface area contributed by atoms with Gasteiger partial charge in [0.05, 0.1) is 18.2 Å². The van der Waals surface area contributed by atoms with Crippen LogP contribution in [-0.2, 0) is 6.42 Å². The van der Waals surface area contributed by atoms with E-state index in [2.05, 4.69) is 15.9 Å². The number of rotatable bonds is 4. The van der Waals surface area contributed by atoms with Crippen molar-refractivity contribution in [3.63, 3.8) is 0 Å². The molecule has 0 aliphatic heterocycles. The zero-order valence-corrected chi connectivity index (χ0v) is 12.8. The van der Waals surface area contributed by atoms with Crippen LogP contribution in [0.25, 0.3) is 0 Å². The van der Waals surface area contributed by atoms with Gasteiger partial charge in [0, 0.05) is 10.9 Å². The molecule has 0 heterocycles. The predicted octanol–water partition coefficient (Wildman–Crippen LogP) is 4.39. The fourth-order valence-electron chi connectivity index (χ4n) is 1.85. The zero-order valence-electron chi connectivity index (χ0n) is 10.4. The molecule has 100 valence electrons. The average molecular weight is 342 g/mol. The molecule has 0 aliphatic carbocycles. The number of ether oxygens (including phenoxy) is 1. The van der Waals surface area contributed by atoms with Gasteiger partial charge in [0.1, 0.15) is 5.75 Å². The Morgan fingerprint density at radius 2 is 1.89 bits per heavy atom. The molecule has 0 aromatic heterocycles. The minimum atomic E-state index is -0.579. The number of methoxy groups -OCH3 is 1. The van der Waals surface area contributed by atoms with E-state index in [-0.39, 0.29) is 0 Å². The van der Waals surface area contributed by atoms with Gasteiger partial charge >= 0.3 is 0 Å². The molecule has 0 saturated heterocycles. The number of hydrogen-bond acceptors (Lipinski definition) is 2. The van der Waals surface area contributed by atoms with Crippen LogP contribution in [0.2, 0.25) is 5.02 Å². The van der Waals surface area contributed by atoms with E-state index in [0.29, 0.717) is 17.2 Å². The summed E-state index contributed by atoms with van der Waals surface area (Å²) >= 11 is 9.44. The van der Waals surface area contributed by atoms with E-state index in [0.717, 1.165) is 15.6 Å². The topological polar surface area (TPSA) is 29.5 Å². The van der Waals surface area contributed by atoms with Crippen molar-refractivity contribution < 1.29 is 9.84 Å². The summed E-state index contributed by atoms with van der Waals surface area (Å²) in [5, 5.41) is 10.7. The fraction of sp³-hybridized carbons (Fsp3) is 0.200. The highest BCUT2D eigenvalue weighted by atomic mass is 79.9. The maximum atomic E-state index is 10.2. The lowest BCUT2D eigenvalue weighted by atomic mass is 10.0. The first-order chi connectivity index (χ1) is 9.10. The molecule has 0 amide bonds. The quantitative estimate of drug-likeness (QED) is 0.894. The summed E-state index contributed by atoms with van der Waals surface area (Å²) in [5.74, 6) is 0.612. The third-order valence-electron chi connectivity index (χ3n) is 2.90. The molecule has 0 radical (unpaired) electrons. The van der Waals surface area contributed by atoms with Crippen LogP contribution >= 0.6 is 27.5 Å². The van der Waals surface area contributed by atoms with Gasteiger partial charge in [-0.15, -0.1) is 0 Å². The van der Waals surface area contributed by atoms with Crippen LogP contribution in [0.1, 0.15) is 17.2 Å². The minimum Gasteiger partial charge on any atom is -0.495 e. The van der Waals surface area contributed by atoms with E-state index in [1.807, 2.05) is 30.3 Å². The van der Waals surface area contributed by atoms with Crippen LogP contribution in [-0.4, -0.2) is 12.2 Å². The lowest BCUT2D eigenvalue weighted by Crippen LogP contribution is -2.02. The Bertz CT molecular complexity index is 555. The highest BCUT2D eigenvalue weighted by Crippen LogP contribution is 2.29. The normalized spacial score (nSPS) is 12.2. The van der Waals surface area contributed by atoms with Gasteiger partial charge < -0.3 is 9.84 Å². The first-order valence-electron chi connectivity index (χ1n) is 5.86. The third kappa shape index (κ3) is 3.72. The summed E-state index contributed by atoms with van der Waals surface area (Å²) in [5.41, 5.74) is 1.86. The Balaban J connectivity index is 2.13. The lowest BCUT2D eigenvalue weighted by Gasteiger charge is -2.13. The fourth-order valence-corrected chi connectivity index (χ4v) is 2.38.